The summed E-state index contributed by atoms with van der Waals surface area (Å²) in [5.74, 6) is -0.558. The van der Waals surface area contributed by atoms with E-state index in [9.17, 15) is 20.0 Å². The number of carbonyl (C=O) groups excluding carboxylic acids is 1. The lowest BCUT2D eigenvalue weighted by molar-refractivity contribution is 0.0601. The van der Waals surface area contributed by atoms with Gasteiger partial charge in [0.25, 0.3) is 5.56 Å². The van der Waals surface area contributed by atoms with Crippen LogP contribution in [0.3, 0.4) is 0 Å². The van der Waals surface area contributed by atoms with Gasteiger partial charge in [0, 0.05) is 12.8 Å². The first-order valence-corrected chi connectivity index (χ1v) is 8.39. The van der Waals surface area contributed by atoms with Crippen molar-refractivity contribution in [3.63, 3.8) is 0 Å². The largest absolute Gasteiger partial charge is 0.494 e. The third-order valence-electron chi connectivity index (χ3n) is 4.03. The van der Waals surface area contributed by atoms with E-state index in [1.54, 1.807) is 31.2 Å². The molecule has 0 aliphatic carbocycles. The van der Waals surface area contributed by atoms with Crippen LogP contribution in [0.2, 0.25) is 0 Å². The Morgan fingerprint density at radius 1 is 1.37 bits per heavy atom. The molecule has 0 fully saturated rings. The minimum Gasteiger partial charge on any atom is -0.494 e. The number of nitrogens with zero attached hydrogens (tertiary/aromatic N) is 3. The molecule has 2 rings (SSSR count). The second-order valence-electron chi connectivity index (χ2n) is 6.46. The van der Waals surface area contributed by atoms with Crippen molar-refractivity contribution in [2.24, 2.45) is 10.9 Å². The number of aromatic nitrogens is 1. The number of rotatable bonds is 5. The molecule has 2 aromatic rings. The van der Waals surface area contributed by atoms with Gasteiger partial charge in [-0.25, -0.2) is 4.79 Å². The van der Waals surface area contributed by atoms with Crippen LogP contribution >= 0.6 is 0 Å². The van der Waals surface area contributed by atoms with Crippen LogP contribution in [0.4, 0.5) is 5.69 Å². The fourth-order valence-electron chi connectivity index (χ4n) is 2.60. The minimum absolute atomic E-state index is 0.0176. The molecule has 0 radical (unpaired) electrons. The van der Waals surface area contributed by atoms with Crippen molar-refractivity contribution in [3.8, 4) is 11.9 Å². The Labute approximate surface area is 157 Å². The predicted molar refractivity (Wildman–Crippen MR) is 102 cm³/mol. The summed E-state index contributed by atoms with van der Waals surface area (Å²) in [7, 11) is 1.30. The summed E-state index contributed by atoms with van der Waals surface area (Å²) in [6.07, 6.45) is 1.41. The number of esters is 1. The lowest BCUT2D eigenvalue weighted by atomic mass is 10.1. The van der Waals surface area contributed by atoms with Crippen LogP contribution in [0.1, 0.15) is 40.9 Å². The zero-order valence-electron chi connectivity index (χ0n) is 15.7. The van der Waals surface area contributed by atoms with Gasteiger partial charge in [-0.3, -0.25) is 14.4 Å². The predicted octanol–water partition coefficient (Wildman–Crippen LogP) is 2.93. The summed E-state index contributed by atoms with van der Waals surface area (Å²) in [5, 5.41) is 19.9. The van der Waals surface area contributed by atoms with E-state index >= 15 is 0 Å². The van der Waals surface area contributed by atoms with E-state index in [1.165, 1.54) is 17.9 Å². The van der Waals surface area contributed by atoms with E-state index < -0.39 is 11.5 Å². The molecule has 1 heterocycles. The SMILES string of the molecule is COC(=O)c1ccc(N=Cc2c(C)c(C#N)c(=O)n(CC(C)C)c2O)cc1. The Morgan fingerprint density at radius 2 is 2.00 bits per heavy atom. The smallest absolute Gasteiger partial charge is 0.337 e. The molecule has 0 bridgehead atoms. The third-order valence-corrected chi connectivity index (χ3v) is 4.03. The molecule has 0 spiro atoms. The summed E-state index contributed by atoms with van der Waals surface area (Å²) in [6, 6.07) is 8.32. The average Bonchev–Trinajstić information content (AvgIpc) is 2.65. The number of benzene rings is 1. The number of nitriles is 1. The van der Waals surface area contributed by atoms with Crippen molar-refractivity contribution in [3.05, 3.63) is 56.9 Å². The molecule has 0 atom stereocenters. The Hall–Kier alpha value is -3.40. The molecule has 0 saturated heterocycles. The highest BCUT2D eigenvalue weighted by atomic mass is 16.5. The number of aromatic hydroxyl groups is 1. The molecule has 0 saturated carbocycles. The standard InChI is InChI=1S/C20H21N3O4/c1-12(2)11-23-18(24)16(9-21)13(3)17(19(23)25)10-22-15-7-5-14(6-8-15)20(26)27-4/h5-8,10,12,25H,11H2,1-4H3. The van der Waals surface area contributed by atoms with Crippen LogP contribution in [-0.2, 0) is 11.3 Å². The van der Waals surface area contributed by atoms with Crippen molar-refractivity contribution in [1.29, 1.82) is 5.26 Å². The molecule has 140 valence electrons. The molecule has 1 aromatic heterocycles. The molecular weight excluding hydrogens is 346 g/mol. The van der Waals surface area contributed by atoms with Gasteiger partial charge < -0.3 is 9.84 Å². The maximum Gasteiger partial charge on any atom is 0.337 e. The molecular formula is C20H21N3O4. The number of hydrogen-bond acceptors (Lipinski definition) is 6. The summed E-state index contributed by atoms with van der Waals surface area (Å²) in [6.45, 7) is 5.71. The molecule has 1 aromatic carbocycles. The Kier molecular flexibility index (Phi) is 6.14. The molecule has 7 nitrogen and oxygen atoms in total. The van der Waals surface area contributed by atoms with Gasteiger partial charge in [0.05, 0.1) is 23.9 Å². The second kappa shape index (κ2) is 8.32. The fourth-order valence-corrected chi connectivity index (χ4v) is 2.60. The Morgan fingerprint density at radius 3 is 2.52 bits per heavy atom. The number of carbonyl (C=O) groups is 1. The summed E-state index contributed by atoms with van der Waals surface area (Å²) >= 11 is 0. The topological polar surface area (TPSA) is 105 Å². The highest BCUT2D eigenvalue weighted by Crippen LogP contribution is 2.22. The highest BCUT2D eigenvalue weighted by Gasteiger charge is 2.18. The van der Waals surface area contributed by atoms with Crippen LogP contribution in [0, 0.1) is 24.2 Å². The second-order valence-corrected chi connectivity index (χ2v) is 6.46. The van der Waals surface area contributed by atoms with Crippen LogP contribution in [0.5, 0.6) is 5.88 Å². The van der Waals surface area contributed by atoms with Gasteiger partial charge in [-0.15, -0.1) is 0 Å². The van der Waals surface area contributed by atoms with Gasteiger partial charge in [0.1, 0.15) is 11.6 Å². The van der Waals surface area contributed by atoms with E-state index in [4.69, 9.17) is 0 Å². The van der Waals surface area contributed by atoms with Gasteiger partial charge in [0.15, 0.2) is 0 Å². The molecule has 0 aliphatic rings. The lowest BCUT2D eigenvalue weighted by Gasteiger charge is -2.15. The summed E-state index contributed by atoms with van der Waals surface area (Å²) in [5.41, 5.74) is 1.09. The van der Waals surface area contributed by atoms with Crippen molar-refractivity contribution in [2.75, 3.05) is 7.11 Å². The first kappa shape index (κ1) is 19.9. The maximum atomic E-state index is 12.4. The van der Waals surface area contributed by atoms with Crippen LogP contribution in [0.15, 0.2) is 34.1 Å². The molecule has 27 heavy (non-hydrogen) atoms. The van der Waals surface area contributed by atoms with Crippen molar-refractivity contribution in [2.45, 2.75) is 27.3 Å². The Balaban J connectivity index is 2.49. The number of aliphatic imine (C=N–C) groups is 1. The quantitative estimate of drug-likeness (QED) is 0.646. The molecule has 0 aliphatic heterocycles. The maximum absolute atomic E-state index is 12.4. The van der Waals surface area contributed by atoms with Gasteiger partial charge in [0.2, 0.25) is 5.88 Å². The zero-order valence-corrected chi connectivity index (χ0v) is 15.7. The van der Waals surface area contributed by atoms with E-state index in [0.717, 1.165) is 0 Å². The molecule has 7 heteroatoms. The first-order valence-electron chi connectivity index (χ1n) is 8.39. The molecule has 1 N–H and O–H groups in total. The van der Waals surface area contributed by atoms with Crippen LogP contribution < -0.4 is 5.56 Å². The average molecular weight is 367 g/mol. The van der Waals surface area contributed by atoms with Gasteiger partial charge in [-0.2, -0.15) is 5.26 Å². The minimum atomic E-state index is -0.513. The van der Waals surface area contributed by atoms with Crippen LogP contribution in [-0.4, -0.2) is 29.0 Å². The monoisotopic (exact) mass is 367 g/mol. The Bertz CT molecular complexity index is 980. The fraction of sp³-hybridized carbons (Fsp3) is 0.300. The van der Waals surface area contributed by atoms with Crippen LogP contribution in [0.25, 0.3) is 0 Å². The lowest BCUT2D eigenvalue weighted by Crippen LogP contribution is -2.27. The van der Waals surface area contributed by atoms with Crippen molar-refractivity contribution in [1.82, 2.24) is 4.57 Å². The number of pyridine rings is 1. The van der Waals surface area contributed by atoms with E-state index in [0.29, 0.717) is 22.4 Å². The first-order chi connectivity index (χ1) is 12.8. The third kappa shape index (κ3) is 4.23. The zero-order chi connectivity index (χ0) is 20.1. The molecule has 0 amide bonds. The van der Waals surface area contributed by atoms with Gasteiger partial charge in [-0.05, 0) is 42.7 Å². The number of hydrogen-bond donors (Lipinski definition) is 1. The van der Waals surface area contributed by atoms with Crippen molar-refractivity contribution >= 4 is 17.9 Å². The van der Waals surface area contributed by atoms with Crippen molar-refractivity contribution < 1.29 is 14.6 Å². The normalized spacial score (nSPS) is 11.0. The molecule has 0 unspecified atom stereocenters. The van der Waals surface area contributed by atoms with E-state index in [1.807, 2.05) is 19.9 Å². The summed E-state index contributed by atoms with van der Waals surface area (Å²) < 4.78 is 5.84. The summed E-state index contributed by atoms with van der Waals surface area (Å²) in [4.78, 5) is 28.2. The number of methoxy groups -OCH3 is 1. The van der Waals surface area contributed by atoms with Gasteiger partial charge in [-0.1, -0.05) is 13.8 Å². The number of ether oxygens (including phenoxy) is 1. The van der Waals surface area contributed by atoms with E-state index in [-0.39, 0.29) is 23.9 Å². The van der Waals surface area contributed by atoms with Gasteiger partial charge >= 0.3 is 5.97 Å². The highest BCUT2D eigenvalue weighted by molar-refractivity contribution is 5.90. The van der Waals surface area contributed by atoms with E-state index in [2.05, 4.69) is 9.73 Å².